The second kappa shape index (κ2) is 8.85. The summed E-state index contributed by atoms with van der Waals surface area (Å²) in [5.74, 6) is 7.34. The summed E-state index contributed by atoms with van der Waals surface area (Å²) in [6.07, 6.45) is 14.3. The van der Waals surface area contributed by atoms with Gasteiger partial charge in [0.2, 0.25) is 0 Å². The van der Waals surface area contributed by atoms with E-state index in [0.717, 1.165) is 58.4 Å². The Bertz CT molecular complexity index is 684. The highest BCUT2D eigenvalue weighted by Gasteiger charge is 2.51. The number of rotatable bonds is 5. The lowest BCUT2D eigenvalue weighted by Crippen LogP contribution is -2.39. The number of fused-ring (bicyclic) bond motifs is 2. The fraction of sp³-hybridized carbons (Fsp3) is 0.867. The molecule has 0 radical (unpaired) electrons. The predicted molar refractivity (Wildman–Crippen MR) is 149 cm³/mol. The molecule has 32 heavy (non-hydrogen) atoms. The van der Waals surface area contributed by atoms with Crippen molar-refractivity contribution in [1.29, 1.82) is 0 Å². The second-order valence-electron chi connectivity index (χ2n) is 15.0. The molecule has 0 aromatic heterocycles. The Hall–Kier alpha value is -0.0862. The first-order valence-corrected chi connectivity index (χ1v) is 21.4. The fourth-order valence-corrected chi connectivity index (χ4v) is 13.8. The highest BCUT2D eigenvalue weighted by molar-refractivity contribution is 6.78. The minimum absolute atomic E-state index is 0.892. The zero-order valence-electron chi connectivity index (χ0n) is 23.2. The van der Waals surface area contributed by atoms with Crippen LogP contribution in [0.5, 0.6) is 0 Å². The maximum atomic E-state index is 2.87. The maximum absolute atomic E-state index is 2.87. The van der Waals surface area contributed by atoms with Crippen molar-refractivity contribution in [3.8, 4) is 0 Å². The zero-order valence-corrected chi connectivity index (χ0v) is 25.2. The zero-order chi connectivity index (χ0) is 23.6. The molecule has 182 valence electrons. The number of hydrogen-bond acceptors (Lipinski definition) is 0. The van der Waals surface area contributed by atoms with Crippen LogP contribution >= 0.6 is 0 Å². The molecule has 4 aliphatic carbocycles. The van der Waals surface area contributed by atoms with E-state index in [-0.39, 0.29) is 0 Å². The molecule has 0 aliphatic heterocycles. The Balaban J connectivity index is 1.58. The highest BCUT2D eigenvalue weighted by atomic mass is 28.3. The summed E-state index contributed by atoms with van der Waals surface area (Å²) in [7, 11) is -2.35. The molecule has 2 fully saturated rings. The van der Waals surface area contributed by atoms with E-state index < -0.39 is 16.1 Å². The van der Waals surface area contributed by atoms with Gasteiger partial charge in [-0.1, -0.05) is 103 Å². The van der Waals surface area contributed by atoms with Crippen LogP contribution in [0.25, 0.3) is 0 Å². The van der Waals surface area contributed by atoms with Crippen molar-refractivity contribution in [2.24, 2.45) is 47.3 Å². The molecule has 0 spiro atoms. The second-order valence-corrected chi connectivity index (χ2v) is 25.8. The minimum atomic E-state index is -1.18. The number of allylic oxidation sites excluding steroid dienone is 4. The van der Waals surface area contributed by atoms with Gasteiger partial charge in [0.1, 0.15) is 0 Å². The van der Waals surface area contributed by atoms with E-state index in [1.165, 1.54) is 38.5 Å². The van der Waals surface area contributed by atoms with Gasteiger partial charge < -0.3 is 0 Å². The van der Waals surface area contributed by atoms with Gasteiger partial charge in [0.25, 0.3) is 0 Å². The van der Waals surface area contributed by atoms with E-state index in [1.807, 2.05) is 11.1 Å². The third kappa shape index (κ3) is 4.46. The lowest BCUT2D eigenvalue weighted by molar-refractivity contribution is 0.142. The van der Waals surface area contributed by atoms with Crippen LogP contribution in [-0.4, -0.2) is 16.1 Å². The molecule has 0 amide bonds. The van der Waals surface area contributed by atoms with Crippen LogP contribution in [0, 0.1) is 47.3 Å². The normalized spacial score (nSPS) is 44.7. The van der Waals surface area contributed by atoms with E-state index in [1.54, 1.807) is 0 Å². The minimum Gasteiger partial charge on any atom is -0.0843 e. The lowest BCUT2D eigenvalue weighted by Gasteiger charge is -2.44. The molecule has 2 heteroatoms. The van der Waals surface area contributed by atoms with Crippen molar-refractivity contribution in [3.63, 3.8) is 0 Å². The molecule has 10 unspecified atom stereocenters. The molecule has 0 aromatic rings. The molecule has 0 N–H and O–H groups in total. The fourth-order valence-electron chi connectivity index (χ4n) is 8.99. The van der Waals surface area contributed by atoms with Gasteiger partial charge in [-0.3, -0.25) is 0 Å². The Kier molecular flexibility index (Phi) is 6.92. The maximum Gasteiger partial charge on any atom is 0.0517 e. The summed E-state index contributed by atoms with van der Waals surface area (Å²) >= 11 is 0. The summed E-state index contributed by atoms with van der Waals surface area (Å²) in [6, 6.07) is 0. The molecule has 4 aliphatic rings. The topological polar surface area (TPSA) is 0 Å². The van der Waals surface area contributed by atoms with Crippen LogP contribution in [0.1, 0.15) is 66.2 Å². The summed E-state index contributed by atoms with van der Waals surface area (Å²) in [4.78, 5) is 0. The quantitative estimate of drug-likeness (QED) is 0.277. The SMILES string of the molecule is CC1CCC(C)C2C1C(CCC1=CC([Si](C)(C)C)C3C(C)CCC(C)C13)=CC2[Si](C)(C)C. The Labute approximate surface area is 203 Å². The Morgan fingerprint density at radius 2 is 0.875 bits per heavy atom. The van der Waals surface area contributed by atoms with Gasteiger partial charge in [-0.15, -0.1) is 0 Å². The van der Waals surface area contributed by atoms with Crippen molar-refractivity contribution in [1.82, 2.24) is 0 Å². The van der Waals surface area contributed by atoms with Gasteiger partial charge in [0, 0.05) is 0 Å². The van der Waals surface area contributed by atoms with Crippen molar-refractivity contribution < 1.29 is 0 Å². The lowest BCUT2D eigenvalue weighted by atomic mass is 9.65. The molecular weight excluding hydrogens is 417 g/mol. The third-order valence-corrected chi connectivity index (χ3v) is 15.8. The standard InChI is InChI=1S/C30H54Si2/c1-19-11-13-21(3)29-25(31(5,6)7)17-23(27(19)29)15-16-24-18-26(32(8,9)10)30-22(4)14-12-20(2)28(24)30/h17-22,25-30H,11-16H2,1-10H3. The van der Waals surface area contributed by atoms with E-state index >= 15 is 0 Å². The Morgan fingerprint density at radius 1 is 0.562 bits per heavy atom. The summed E-state index contributed by atoms with van der Waals surface area (Å²) in [5, 5.41) is 0. The van der Waals surface area contributed by atoms with Crippen LogP contribution in [0.15, 0.2) is 23.3 Å². The van der Waals surface area contributed by atoms with E-state index in [0.29, 0.717) is 0 Å². The molecule has 0 nitrogen and oxygen atoms in total. The van der Waals surface area contributed by atoms with Crippen LogP contribution in [-0.2, 0) is 0 Å². The van der Waals surface area contributed by atoms with E-state index in [2.05, 4.69) is 79.1 Å². The van der Waals surface area contributed by atoms with Crippen molar-refractivity contribution in [2.75, 3.05) is 0 Å². The van der Waals surface area contributed by atoms with Gasteiger partial charge in [-0.2, -0.15) is 0 Å². The molecule has 4 rings (SSSR count). The van der Waals surface area contributed by atoms with Gasteiger partial charge in [-0.05, 0) is 84.1 Å². The van der Waals surface area contributed by atoms with Crippen molar-refractivity contribution in [2.45, 2.75) is 117 Å². The first-order chi connectivity index (χ1) is 14.8. The van der Waals surface area contributed by atoms with Gasteiger partial charge >= 0.3 is 0 Å². The molecule has 10 atom stereocenters. The van der Waals surface area contributed by atoms with Gasteiger partial charge in [0.05, 0.1) is 16.1 Å². The first-order valence-electron chi connectivity index (χ1n) is 14.2. The third-order valence-electron chi connectivity index (χ3n) is 10.7. The molecule has 0 bridgehead atoms. The first kappa shape index (κ1) is 25.0. The largest absolute Gasteiger partial charge is 0.0843 e. The molecule has 2 saturated carbocycles. The van der Waals surface area contributed by atoms with Crippen molar-refractivity contribution >= 4 is 16.1 Å². The monoisotopic (exact) mass is 470 g/mol. The van der Waals surface area contributed by atoms with Crippen molar-refractivity contribution in [3.05, 3.63) is 23.3 Å². The van der Waals surface area contributed by atoms with E-state index in [9.17, 15) is 0 Å². The van der Waals surface area contributed by atoms with Crippen LogP contribution in [0.4, 0.5) is 0 Å². The van der Waals surface area contributed by atoms with Gasteiger partial charge in [0.15, 0.2) is 0 Å². The Morgan fingerprint density at radius 3 is 1.19 bits per heavy atom. The molecule has 0 saturated heterocycles. The van der Waals surface area contributed by atoms with Crippen LogP contribution in [0.3, 0.4) is 0 Å². The molecule has 0 aromatic carbocycles. The molecular formula is C30H54Si2. The average Bonchev–Trinajstić information content (AvgIpc) is 3.26. The summed E-state index contributed by atoms with van der Waals surface area (Å²) < 4.78 is 0. The summed E-state index contributed by atoms with van der Waals surface area (Å²) in [6.45, 7) is 26.1. The summed E-state index contributed by atoms with van der Waals surface area (Å²) in [5.41, 5.74) is 5.61. The van der Waals surface area contributed by atoms with Crippen LogP contribution < -0.4 is 0 Å². The predicted octanol–water partition coefficient (Wildman–Crippen LogP) is 9.66. The smallest absolute Gasteiger partial charge is 0.0517 e. The highest BCUT2D eigenvalue weighted by Crippen LogP contribution is 2.59. The van der Waals surface area contributed by atoms with E-state index in [4.69, 9.17) is 0 Å². The molecule has 0 heterocycles. The van der Waals surface area contributed by atoms with Crippen LogP contribution in [0.2, 0.25) is 50.4 Å². The average molecular weight is 471 g/mol. The van der Waals surface area contributed by atoms with Gasteiger partial charge in [-0.25, -0.2) is 0 Å². The number of hydrogen-bond donors (Lipinski definition) is 0.